The van der Waals surface area contributed by atoms with E-state index in [2.05, 4.69) is 193 Å². The van der Waals surface area contributed by atoms with E-state index in [0.717, 1.165) is 5.69 Å². The lowest BCUT2D eigenvalue weighted by molar-refractivity contribution is 1.33. The van der Waals surface area contributed by atoms with Crippen molar-refractivity contribution >= 4 is 102 Å². The molecule has 2 heterocycles. The molecule has 0 fully saturated rings. The van der Waals surface area contributed by atoms with Crippen molar-refractivity contribution in [3.05, 3.63) is 188 Å². The third-order valence-electron chi connectivity index (χ3n) is 10.6. The van der Waals surface area contributed by atoms with Crippen LogP contribution in [-0.4, -0.2) is 0 Å². The first-order chi connectivity index (χ1) is 26.3. The minimum Gasteiger partial charge on any atom is -0.309 e. The molecule has 9 aromatic carbocycles. The van der Waals surface area contributed by atoms with Crippen LogP contribution < -0.4 is 4.90 Å². The molecule has 0 saturated carbocycles. The molecule has 11 rings (SSSR count). The standard InChI is InChI=1S/C50H31NS2/c1-3-12-32(13-4-1)35-24-26-42-47(31-35)52-46-21-11-19-43(48(42)46)51(37-25-27-39-36(30-37)23-22-34-16-7-8-17-38(34)39)44-29-28-40(33-14-5-2-6-15-33)50-49(44)41-18-9-10-20-45(41)53-50/h1-31H. The van der Waals surface area contributed by atoms with Crippen molar-refractivity contribution in [1.82, 2.24) is 0 Å². The van der Waals surface area contributed by atoms with Gasteiger partial charge in [0.2, 0.25) is 0 Å². The van der Waals surface area contributed by atoms with Crippen molar-refractivity contribution in [3.8, 4) is 22.3 Å². The van der Waals surface area contributed by atoms with E-state index < -0.39 is 0 Å². The summed E-state index contributed by atoms with van der Waals surface area (Å²) in [7, 11) is 0. The second kappa shape index (κ2) is 12.2. The van der Waals surface area contributed by atoms with E-state index in [1.807, 2.05) is 22.7 Å². The summed E-state index contributed by atoms with van der Waals surface area (Å²) in [5.41, 5.74) is 8.50. The van der Waals surface area contributed by atoms with Gasteiger partial charge in [-0.3, -0.25) is 0 Å². The SMILES string of the molecule is c1ccc(-c2ccc3c(c2)sc2cccc(N(c4ccc5c(ccc6ccccc65)c4)c4ccc(-c5ccccc5)c5sc6ccccc6c45)c23)cc1. The topological polar surface area (TPSA) is 3.24 Å². The molecule has 0 N–H and O–H groups in total. The molecule has 0 radical (unpaired) electrons. The second-order valence-corrected chi connectivity index (χ2v) is 15.8. The van der Waals surface area contributed by atoms with E-state index in [-0.39, 0.29) is 0 Å². The fourth-order valence-corrected chi connectivity index (χ4v) is 10.6. The van der Waals surface area contributed by atoms with Gasteiger partial charge in [-0.15, -0.1) is 22.7 Å². The van der Waals surface area contributed by atoms with E-state index in [1.54, 1.807) is 0 Å². The number of hydrogen-bond acceptors (Lipinski definition) is 3. The molecular formula is C50H31NS2. The van der Waals surface area contributed by atoms with Crippen molar-refractivity contribution in [3.63, 3.8) is 0 Å². The molecule has 11 aromatic rings. The van der Waals surface area contributed by atoms with Crippen LogP contribution in [-0.2, 0) is 0 Å². The fraction of sp³-hybridized carbons (Fsp3) is 0. The first kappa shape index (κ1) is 30.4. The Balaban J connectivity index is 1.22. The zero-order valence-electron chi connectivity index (χ0n) is 28.7. The third-order valence-corrected chi connectivity index (χ3v) is 13.0. The minimum atomic E-state index is 1.14. The lowest BCUT2D eigenvalue weighted by Crippen LogP contribution is -2.11. The molecule has 3 heteroatoms. The van der Waals surface area contributed by atoms with Crippen LogP contribution >= 0.6 is 22.7 Å². The van der Waals surface area contributed by atoms with Crippen molar-refractivity contribution in [1.29, 1.82) is 0 Å². The number of hydrogen-bond donors (Lipinski definition) is 0. The van der Waals surface area contributed by atoms with Gasteiger partial charge in [0.05, 0.1) is 11.4 Å². The zero-order valence-corrected chi connectivity index (χ0v) is 30.3. The highest BCUT2D eigenvalue weighted by Crippen LogP contribution is 2.51. The molecule has 0 amide bonds. The van der Waals surface area contributed by atoms with Crippen LogP contribution in [0.2, 0.25) is 0 Å². The number of benzene rings is 9. The van der Waals surface area contributed by atoms with Crippen LogP contribution in [0.4, 0.5) is 17.1 Å². The lowest BCUT2D eigenvalue weighted by Gasteiger charge is -2.28. The lowest BCUT2D eigenvalue weighted by atomic mass is 9.98. The van der Waals surface area contributed by atoms with Gasteiger partial charge in [-0.25, -0.2) is 0 Å². The molecule has 1 nitrogen and oxygen atoms in total. The summed E-state index contributed by atoms with van der Waals surface area (Å²) in [6, 6.07) is 69.2. The van der Waals surface area contributed by atoms with Crippen LogP contribution in [0.25, 0.3) is 84.1 Å². The van der Waals surface area contributed by atoms with Crippen LogP contribution in [0.1, 0.15) is 0 Å². The van der Waals surface area contributed by atoms with Gasteiger partial charge in [0.1, 0.15) is 0 Å². The summed E-state index contributed by atoms with van der Waals surface area (Å²) in [6.07, 6.45) is 0. The summed E-state index contributed by atoms with van der Waals surface area (Å²) >= 11 is 3.77. The number of fused-ring (bicyclic) bond motifs is 9. The Kier molecular flexibility index (Phi) is 6.97. The molecule has 0 aliphatic rings. The summed E-state index contributed by atoms with van der Waals surface area (Å²) < 4.78 is 5.18. The minimum absolute atomic E-state index is 1.14. The molecular weight excluding hydrogens is 679 g/mol. The predicted octanol–water partition coefficient (Wildman–Crippen LogP) is 15.5. The second-order valence-electron chi connectivity index (χ2n) is 13.7. The van der Waals surface area contributed by atoms with Gasteiger partial charge in [0.15, 0.2) is 0 Å². The Labute approximate surface area is 315 Å². The Bertz CT molecular complexity index is 3170. The Morgan fingerprint density at radius 1 is 0.340 bits per heavy atom. The smallest absolute Gasteiger partial charge is 0.0555 e. The van der Waals surface area contributed by atoms with Crippen molar-refractivity contribution in [2.24, 2.45) is 0 Å². The Morgan fingerprint density at radius 3 is 1.87 bits per heavy atom. The molecule has 0 spiro atoms. The number of nitrogens with zero attached hydrogens (tertiary/aromatic N) is 1. The molecule has 0 unspecified atom stereocenters. The van der Waals surface area contributed by atoms with Gasteiger partial charge < -0.3 is 4.90 Å². The third kappa shape index (κ3) is 4.89. The normalized spacial score (nSPS) is 11.8. The number of rotatable bonds is 5. The van der Waals surface area contributed by atoms with E-state index in [9.17, 15) is 0 Å². The van der Waals surface area contributed by atoms with Crippen LogP contribution in [0, 0.1) is 0 Å². The summed E-state index contributed by atoms with van der Waals surface area (Å²) in [6.45, 7) is 0. The van der Waals surface area contributed by atoms with Crippen molar-refractivity contribution in [2.45, 2.75) is 0 Å². The first-order valence-electron chi connectivity index (χ1n) is 18.0. The Hall–Kier alpha value is -6.26. The summed E-state index contributed by atoms with van der Waals surface area (Å²) in [4.78, 5) is 2.53. The van der Waals surface area contributed by atoms with Gasteiger partial charge in [0, 0.05) is 46.0 Å². The van der Waals surface area contributed by atoms with Crippen molar-refractivity contribution in [2.75, 3.05) is 4.90 Å². The average Bonchev–Trinajstić information content (AvgIpc) is 3.81. The number of anilines is 3. The quantitative estimate of drug-likeness (QED) is 0.161. The first-order valence-corrected chi connectivity index (χ1v) is 19.6. The van der Waals surface area contributed by atoms with Gasteiger partial charge in [-0.1, -0.05) is 146 Å². The maximum atomic E-state index is 2.53. The molecule has 0 aliphatic carbocycles. The van der Waals surface area contributed by atoms with E-state index in [1.165, 1.54) is 95.5 Å². The van der Waals surface area contributed by atoms with E-state index in [0.29, 0.717) is 0 Å². The summed E-state index contributed by atoms with van der Waals surface area (Å²) in [5.74, 6) is 0. The van der Waals surface area contributed by atoms with Gasteiger partial charge in [-0.2, -0.15) is 0 Å². The fourth-order valence-electron chi connectivity index (χ4n) is 8.19. The molecule has 0 atom stereocenters. The number of thiophene rings is 2. The molecule has 248 valence electrons. The van der Waals surface area contributed by atoms with Crippen LogP contribution in [0.5, 0.6) is 0 Å². The van der Waals surface area contributed by atoms with Crippen LogP contribution in [0.3, 0.4) is 0 Å². The largest absolute Gasteiger partial charge is 0.309 e. The highest BCUT2D eigenvalue weighted by Gasteiger charge is 2.24. The molecule has 2 aromatic heterocycles. The summed E-state index contributed by atoms with van der Waals surface area (Å²) in [5, 5.41) is 10.2. The monoisotopic (exact) mass is 709 g/mol. The van der Waals surface area contributed by atoms with E-state index in [4.69, 9.17) is 0 Å². The highest BCUT2D eigenvalue weighted by atomic mass is 32.1. The van der Waals surface area contributed by atoms with E-state index >= 15 is 0 Å². The molecule has 0 saturated heterocycles. The maximum absolute atomic E-state index is 2.53. The molecule has 0 bridgehead atoms. The molecule has 53 heavy (non-hydrogen) atoms. The highest BCUT2D eigenvalue weighted by molar-refractivity contribution is 7.26. The van der Waals surface area contributed by atoms with Crippen molar-refractivity contribution < 1.29 is 0 Å². The average molecular weight is 710 g/mol. The Morgan fingerprint density at radius 2 is 1.00 bits per heavy atom. The maximum Gasteiger partial charge on any atom is 0.0555 e. The van der Waals surface area contributed by atoms with Gasteiger partial charge in [-0.05, 0) is 86.3 Å². The van der Waals surface area contributed by atoms with Gasteiger partial charge in [0.25, 0.3) is 0 Å². The zero-order chi connectivity index (χ0) is 34.9. The molecule has 0 aliphatic heterocycles. The van der Waals surface area contributed by atoms with Gasteiger partial charge >= 0.3 is 0 Å². The predicted molar refractivity (Wildman–Crippen MR) is 233 cm³/mol. The van der Waals surface area contributed by atoms with Crippen LogP contribution in [0.15, 0.2) is 188 Å².